The maximum absolute atomic E-state index is 12.0. The zero-order chi connectivity index (χ0) is 14.6. The van der Waals surface area contributed by atoms with Crippen LogP contribution in [0, 0.1) is 11.3 Å². The van der Waals surface area contributed by atoms with Gasteiger partial charge in [0.2, 0.25) is 0 Å². The third-order valence-electron chi connectivity index (χ3n) is 5.19. The van der Waals surface area contributed by atoms with Crippen molar-refractivity contribution < 1.29 is 14.7 Å². The van der Waals surface area contributed by atoms with E-state index in [0.29, 0.717) is 13.0 Å². The summed E-state index contributed by atoms with van der Waals surface area (Å²) in [4.78, 5) is 23.2. The second kappa shape index (κ2) is 6.46. The van der Waals surface area contributed by atoms with E-state index < -0.39 is 11.9 Å². The molecule has 20 heavy (non-hydrogen) atoms. The molecule has 0 aromatic heterocycles. The number of amides is 2. The third-order valence-corrected chi connectivity index (χ3v) is 5.19. The van der Waals surface area contributed by atoms with E-state index in [2.05, 4.69) is 17.6 Å². The number of hydrogen-bond acceptors (Lipinski definition) is 2. The van der Waals surface area contributed by atoms with E-state index in [4.69, 9.17) is 0 Å². The minimum Gasteiger partial charge on any atom is -0.481 e. The summed E-state index contributed by atoms with van der Waals surface area (Å²) in [6, 6.07) is -0.428. The normalized spacial score (nSPS) is 28.2. The predicted octanol–water partition coefficient (Wildman–Crippen LogP) is 2.51. The van der Waals surface area contributed by atoms with Gasteiger partial charge in [0.1, 0.15) is 0 Å². The van der Waals surface area contributed by atoms with Crippen molar-refractivity contribution in [2.24, 2.45) is 11.3 Å². The molecule has 2 amide bonds. The molecule has 2 fully saturated rings. The van der Waals surface area contributed by atoms with E-state index in [9.17, 15) is 14.7 Å². The molecule has 0 spiro atoms. The van der Waals surface area contributed by atoms with Gasteiger partial charge in [-0.15, -0.1) is 0 Å². The minimum atomic E-state index is -0.793. The van der Waals surface area contributed by atoms with E-state index in [0.717, 1.165) is 25.7 Å². The van der Waals surface area contributed by atoms with Crippen LogP contribution in [0.5, 0.6) is 0 Å². The molecule has 0 aliphatic heterocycles. The Hall–Kier alpha value is -1.26. The van der Waals surface area contributed by atoms with Crippen LogP contribution in [0.2, 0.25) is 0 Å². The van der Waals surface area contributed by atoms with Crippen molar-refractivity contribution in [3.63, 3.8) is 0 Å². The second-order valence-corrected chi connectivity index (χ2v) is 6.37. The lowest BCUT2D eigenvalue weighted by atomic mass is 9.67. The molecule has 3 N–H and O–H groups in total. The highest BCUT2D eigenvalue weighted by molar-refractivity contribution is 5.76. The molecule has 2 saturated carbocycles. The van der Waals surface area contributed by atoms with E-state index in [-0.39, 0.29) is 17.5 Å². The molecule has 2 aliphatic rings. The van der Waals surface area contributed by atoms with Crippen molar-refractivity contribution in [1.82, 2.24) is 10.6 Å². The molecule has 2 atom stereocenters. The maximum Gasteiger partial charge on any atom is 0.315 e. The van der Waals surface area contributed by atoms with Crippen LogP contribution in [0.4, 0.5) is 4.79 Å². The smallest absolute Gasteiger partial charge is 0.315 e. The first kappa shape index (κ1) is 15.1. The van der Waals surface area contributed by atoms with Crippen LogP contribution < -0.4 is 10.6 Å². The van der Waals surface area contributed by atoms with Gasteiger partial charge in [0.05, 0.1) is 5.92 Å². The van der Waals surface area contributed by atoms with Crippen LogP contribution in [0.1, 0.15) is 58.3 Å². The summed E-state index contributed by atoms with van der Waals surface area (Å²) in [5.74, 6) is -1.22. The molecule has 0 aromatic carbocycles. The summed E-state index contributed by atoms with van der Waals surface area (Å²) in [7, 11) is 0. The standard InChI is InChI=1S/C15H26N2O3/c1-2-15(8-5-9-15)10-16-14(20)17-12-7-4-3-6-11(12)13(18)19/h11-12H,2-10H2,1H3,(H,18,19)(H2,16,17,20). The molecule has 2 rings (SSSR count). The molecular formula is C15H26N2O3. The summed E-state index contributed by atoms with van der Waals surface area (Å²) in [5.41, 5.74) is 0.288. The molecule has 0 radical (unpaired) electrons. The van der Waals surface area contributed by atoms with Crippen LogP contribution in [0.3, 0.4) is 0 Å². The quantitative estimate of drug-likeness (QED) is 0.725. The summed E-state index contributed by atoms with van der Waals surface area (Å²) < 4.78 is 0. The number of aliphatic carboxylic acids is 1. The van der Waals surface area contributed by atoms with Gasteiger partial charge in [0.25, 0.3) is 0 Å². The van der Waals surface area contributed by atoms with Crippen LogP contribution in [0.25, 0.3) is 0 Å². The zero-order valence-corrected chi connectivity index (χ0v) is 12.3. The van der Waals surface area contributed by atoms with E-state index in [1.54, 1.807) is 0 Å². The van der Waals surface area contributed by atoms with Gasteiger partial charge in [-0.2, -0.15) is 0 Å². The van der Waals surface area contributed by atoms with E-state index in [1.807, 2.05) is 0 Å². The molecule has 0 bridgehead atoms. The first-order valence-electron chi connectivity index (χ1n) is 7.83. The average Bonchev–Trinajstić information content (AvgIpc) is 2.38. The maximum atomic E-state index is 12.0. The highest BCUT2D eigenvalue weighted by atomic mass is 16.4. The van der Waals surface area contributed by atoms with Gasteiger partial charge in [-0.05, 0) is 37.5 Å². The molecule has 2 aliphatic carbocycles. The Labute approximate surface area is 120 Å². The molecule has 5 heteroatoms. The van der Waals surface area contributed by atoms with Crippen molar-refractivity contribution in [2.75, 3.05) is 6.54 Å². The van der Waals surface area contributed by atoms with Crippen LogP contribution in [-0.2, 0) is 4.79 Å². The fraction of sp³-hybridized carbons (Fsp3) is 0.867. The first-order valence-corrected chi connectivity index (χ1v) is 7.83. The van der Waals surface area contributed by atoms with E-state index >= 15 is 0 Å². The summed E-state index contributed by atoms with van der Waals surface area (Å²) in [6.45, 7) is 2.88. The molecule has 5 nitrogen and oxygen atoms in total. The molecule has 114 valence electrons. The lowest BCUT2D eigenvalue weighted by Gasteiger charge is -2.41. The summed E-state index contributed by atoms with van der Waals surface area (Å²) in [6.07, 6.45) is 8.08. The highest BCUT2D eigenvalue weighted by Crippen LogP contribution is 2.43. The minimum absolute atomic E-state index is 0.206. The third kappa shape index (κ3) is 3.44. The number of carbonyl (C=O) groups is 2. The number of rotatable bonds is 5. The molecule has 0 aromatic rings. The monoisotopic (exact) mass is 282 g/mol. The molecular weight excluding hydrogens is 256 g/mol. The van der Waals surface area contributed by atoms with Gasteiger partial charge < -0.3 is 15.7 Å². The van der Waals surface area contributed by atoms with E-state index in [1.165, 1.54) is 19.3 Å². The number of hydrogen-bond donors (Lipinski definition) is 3. The molecule has 2 unspecified atom stereocenters. The van der Waals surface area contributed by atoms with Gasteiger partial charge in [-0.25, -0.2) is 4.79 Å². The van der Waals surface area contributed by atoms with Crippen molar-refractivity contribution in [3.8, 4) is 0 Å². The first-order chi connectivity index (χ1) is 9.56. The SMILES string of the molecule is CCC1(CNC(=O)NC2CCCCC2C(=O)O)CCC1. The Bertz CT molecular complexity index is 361. The largest absolute Gasteiger partial charge is 0.481 e. The fourth-order valence-electron chi connectivity index (χ4n) is 3.42. The van der Waals surface area contributed by atoms with Crippen molar-refractivity contribution in [1.29, 1.82) is 0 Å². The summed E-state index contributed by atoms with van der Waals surface area (Å²) in [5, 5.41) is 15.0. The van der Waals surface area contributed by atoms with Gasteiger partial charge >= 0.3 is 12.0 Å². The predicted molar refractivity (Wildman–Crippen MR) is 76.5 cm³/mol. The van der Waals surface area contributed by atoms with Crippen molar-refractivity contribution >= 4 is 12.0 Å². The Morgan fingerprint density at radius 1 is 1.20 bits per heavy atom. The van der Waals surface area contributed by atoms with Crippen LogP contribution in [-0.4, -0.2) is 29.7 Å². The van der Waals surface area contributed by atoms with Gasteiger partial charge in [0, 0.05) is 12.6 Å². The lowest BCUT2D eigenvalue weighted by Crippen LogP contribution is -2.51. The Kier molecular flexibility index (Phi) is 4.89. The van der Waals surface area contributed by atoms with Crippen LogP contribution in [0.15, 0.2) is 0 Å². The van der Waals surface area contributed by atoms with Crippen LogP contribution >= 0.6 is 0 Å². The average molecular weight is 282 g/mol. The number of carbonyl (C=O) groups excluding carboxylic acids is 1. The van der Waals surface area contributed by atoms with Gasteiger partial charge in [0.15, 0.2) is 0 Å². The summed E-state index contributed by atoms with van der Waals surface area (Å²) >= 11 is 0. The van der Waals surface area contributed by atoms with Crippen molar-refractivity contribution in [2.45, 2.75) is 64.3 Å². The Morgan fingerprint density at radius 3 is 2.45 bits per heavy atom. The topological polar surface area (TPSA) is 78.4 Å². The number of urea groups is 1. The highest BCUT2D eigenvalue weighted by Gasteiger charge is 2.36. The number of carboxylic acid groups (broad SMARTS) is 1. The lowest BCUT2D eigenvalue weighted by molar-refractivity contribution is -0.143. The molecule has 0 heterocycles. The molecule has 0 saturated heterocycles. The Balaban J connectivity index is 1.79. The number of carboxylic acids is 1. The zero-order valence-electron chi connectivity index (χ0n) is 12.3. The van der Waals surface area contributed by atoms with Crippen molar-refractivity contribution in [3.05, 3.63) is 0 Å². The Morgan fingerprint density at radius 2 is 1.90 bits per heavy atom. The fourth-order valence-corrected chi connectivity index (χ4v) is 3.42. The second-order valence-electron chi connectivity index (χ2n) is 6.37. The van der Waals surface area contributed by atoms with Gasteiger partial charge in [-0.1, -0.05) is 26.2 Å². The number of nitrogens with one attached hydrogen (secondary N) is 2. The van der Waals surface area contributed by atoms with Gasteiger partial charge in [-0.3, -0.25) is 4.79 Å².